The van der Waals surface area contributed by atoms with Gasteiger partial charge in [0.15, 0.2) is 5.82 Å². The van der Waals surface area contributed by atoms with E-state index in [-0.39, 0.29) is 11.6 Å². The normalized spacial score (nSPS) is 10.5. The zero-order valence-corrected chi connectivity index (χ0v) is 8.58. The van der Waals surface area contributed by atoms with Gasteiger partial charge in [-0.25, -0.2) is 4.39 Å². The van der Waals surface area contributed by atoms with Crippen molar-refractivity contribution in [3.05, 3.63) is 46.9 Å². The number of nitrogens with zero attached hydrogens (tertiary/aromatic N) is 2. The third-order valence-corrected chi connectivity index (χ3v) is 2.32. The predicted molar refractivity (Wildman–Crippen MR) is 57.2 cm³/mol. The summed E-state index contributed by atoms with van der Waals surface area (Å²) >= 11 is 5.73. The molecule has 0 atom stereocenters. The van der Waals surface area contributed by atoms with Crippen molar-refractivity contribution in [3.63, 3.8) is 0 Å². The van der Waals surface area contributed by atoms with Gasteiger partial charge in [-0.1, -0.05) is 29.8 Å². The summed E-state index contributed by atoms with van der Waals surface area (Å²) in [7, 11) is 0. The summed E-state index contributed by atoms with van der Waals surface area (Å²) < 4.78 is 14.8. The molecule has 0 aliphatic carbocycles. The molecule has 0 saturated heterocycles. The second-order valence-corrected chi connectivity index (χ2v) is 3.56. The maximum atomic E-state index is 13.3. The number of rotatable bonds is 2. The van der Waals surface area contributed by atoms with E-state index in [0.717, 1.165) is 0 Å². The van der Waals surface area contributed by atoms with Crippen LogP contribution in [0.25, 0.3) is 0 Å². The lowest BCUT2D eigenvalue weighted by Crippen LogP contribution is -2.02. The number of anilines is 1. The molecule has 15 heavy (non-hydrogen) atoms. The largest absolute Gasteiger partial charge is 0.381 e. The van der Waals surface area contributed by atoms with Crippen LogP contribution in [0, 0.1) is 5.82 Å². The van der Waals surface area contributed by atoms with Crippen LogP contribution < -0.4 is 5.73 Å². The minimum absolute atomic E-state index is 0.257. The first-order valence-electron chi connectivity index (χ1n) is 4.38. The molecule has 3 nitrogen and oxygen atoms in total. The van der Waals surface area contributed by atoms with Crippen molar-refractivity contribution in [1.29, 1.82) is 0 Å². The van der Waals surface area contributed by atoms with Gasteiger partial charge in [0.1, 0.15) is 10.8 Å². The molecular formula is C10H9ClFN3. The number of hydrogen-bond donors (Lipinski definition) is 1. The van der Waals surface area contributed by atoms with E-state index < -0.39 is 0 Å². The molecule has 0 amide bonds. The highest BCUT2D eigenvalue weighted by atomic mass is 35.5. The second-order valence-electron chi connectivity index (χ2n) is 3.15. The maximum absolute atomic E-state index is 13.3. The van der Waals surface area contributed by atoms with Crippen LogP contribution in [0.3, 0.4) is 0 Å². The van der Waals surface area contributed by atoms with Crippen LogP contribution in [-0.2, 0) is 6.54 Å². The summed E-state index contributed by atoms with van der Waals surface area (Å²) in [5.41, 5.74) is 6.03. The Morgan fingerprint density at radius 2 is 2.13 bits per heavy atom. The molecule has 0 aliphatic rings. The highest BCUT2D eigenvalue weighted by Gasteiger charge is 2.05. The molecule has 1 aromatic heterocycles. The Hall–Kier alpha value is -1.55. The Morgan fingerprint density at radius 1 is 1.40 bits per heavy atom. The summed E-state index contributed by atoms with van der Waals surface area (Å²) in [6.07, 6.45) is 1.57. The number of halogens is 2. The van der Waals surface area contributed by atoms with Crippen molar-refractivity contribution in [3.8, 4) is 0 Å². The van der Waals surface area contributed by atoms with E-state index in [0.29, 0.717) is 17.1 Å². The van der Waals surface area contributed by atoms with Crippen LogP contribution in [0.15, 0.2) is 30.5 Å². The van der Waals surface area contributed by atoms with Crippen molar-refractivity contribution in [2.45, 2.75) is 6.54 Å². The molecule has 0 radical (unpaired) electrons. The zero-order chi connectivity index (χ0) is 10.8. The van der Waals surface area contributed by atoms with Crippen LogP contribution in [-0.4, -0.2) is 9.78 Å². The van der Waals surface area contributed by atoms with E-state index >= 15 is 0 Å². The topological polar surface area (TPSA) is 43.8 Å². The molecule has 0 bridgehead atoms. The Balaban J connectivity index is 2.26. The summed E-state index contributed by atoms with van der Waals surface area (Å²) in [6.45, 7) is 0.323. The van der Waals surface area contributed by atoms with Crippen LogP contribution in [0.2, 0.25) is 5.02 Å². The maximum Gasteiger partial charge on any atom is 0.164 e. The first-order valence-corrected chi connectivity index (χ1v) is 4.76. The van der Waals surface area contributed by atoms with Gasteiger partial charge in [0.2, 0.25) is 0 Å². The smallest absolute Gasteiger partial charge is 0.164 e. The van der Waals surface area contributed by atoms with E-state index in [1.54, 1.807) is 24.4 Å². The van der Waals surface area contributed by atoms with Gasteiger partial charge in [-0.2, -0.15) is 5.10 Å². The molecule has 0 unspecified atom stereocenters. The fourth-order valence-corrected chi connectivity index (χ4v) is 1.44. The van der Waals surface area contributed by atoms with Gasteiger partial charge in [-0.3, -0.25) is 4.68 Å². The molecule has 1 aromatic carbocycles. The van der Waals surface area contributed by atoms with Gasteiger partial charge in [-0.15, -0.1) is 0 Å². The average molecular weight is 226 g/mol. The van der Waals surface area contributed by atoms with Gasteiger partial charge in [0.05, 0.1) is 6.54 Å². The summed E-state index contributed by atoms with van der Waals surface area (Å²) in [6, 6.07) is 6.51. The molecule has 5 heteroatoms. The van der Waals surface area contributed by atoms with Crippen molar-refractivity contribution in [2.24, 2.45) is 0 Å². The van der Waals surface area contributed by atoms with Crippen molar-refractivity contribution >= 4 is 17.4 Å². The standard InChI is InChI=1S/C10H9ClFN3/c11-8-6-15(14-10(8)13)5-7-3-1-2-4-9(7)12/h1-4,6H,5H2,(H2,13,14). The fraction of sp³-hybridized carbons (Fsp3) is 0.100. The lowest BCUT2D eigenvalue weighted by molar-refractivity contribution is 0.586. The van der Waals surface area contributed by atoms with E-state index in [4.69, 9.17) is 17.3 Å². The van der Waals surface area contributed by atoms with Gasteiger partial charge in [0, 0.05) is 11.8 Å². The summed E-state index contributed by atoms with van der Waals surface area (Å²) in [4.78, 5) is 0. The average Bonchev–Trinajstić information content (AvgIpc) is 2.50. The van der Waals surface area contributed by atoms with Crippen LogP contribution in [0.4, 0.5) is 10.2 Å². The Labute approximate surface area is 91.3 Å². The van der Waals surface area contributed by atoms with Crippen molar-refractivity contribution < 1.29 is 4.39 Å². The van der Waals surface area contributed by atoms with Gasteiger partial charge in [-0.05, 0) is 6.07 Å². The minimum Gasteiger partial charge on any atom is -0.381 e. The predicted octanol–water partition coefficient (Wildman–Crippen LogP) is 2.31. The molecule has 2 N–H and O–H groups in total. The molecule has 0 saturated carbocycles. The lowest BCUT2D eigenvalue weighted by Gasteiger charge is -2.02. The molecule has 2 aromatic rings. The quantitative estimate of drug-likeness (QED) is 0.853. The molecule has 0 aliphatic heterocycles. The second kappa shape index (κ2) is 3.90. The third kappa shape index (κ3) is 2.10. The molecule has 1 heterocycles. The molecular weight excluding hydrogens is 217 g/mol. The lowest BCUT2D eigenvalue weighted by atomic mass is 10.2. The third-order valence-electron chi connectivity index (χ3n) is 2.03. The molecule has 78 valence electrons. The van der Waals surface area contributed by atoms with E-state index in [9.17, 15) is 4.39 Å². The molecule has 2 rings (SSSR count). The molecule has 0 fully saturated rings. The number of nitrogens with two attached hydrogens (primary N) is 1. The number of benzene rings is 1. The molecule has 0 spiro atoms. The Bertz CT molecular complexity index is 462. The van der Waals surface area contributed by atoms with Crippen LogP contribution in [0.1, 0.15) is 5.56 Å². The first-order chi connectivity index (χ1) is 7.16. The van der Waals surface area contributed by atoms with E-state index in [2.05, 4.69) is 5.10 Å². The van der Waals surface area contributed by atoms with Crippen molar-refractivity contribution in [2.75, 3.05) is 5.73 Å². The first kappa shape index (κ1) is 9.98. The number of nitrogen functional groups attached to an aromatic ring is 1. The Kier molecular flexibility index (Phi) is 2.60. The van der Waals surface area contributed by atoms with Gasteiger partial charge >= 0.3 is 0 Å². The van der Waals surface area contributed by atoms with Crippen molar-refractivity contribution in [1.82, 2.24) is 9.78 Å². The highest BCUT2D eigenvalue weighted by Crippen LogP contribution is 2.16. The minimum atomic E-state index is -0.261. The summed E-state index contributed by atoms with van der Waals surface area (Å²) in [5, 5.41) is 4.32. The fourth-order valence-electron chi connectivity index (χ4n) is 1.29. The SMILES string of the molecule is Nc1nn(Cc2ccccc2F)cc1Cl. The Morgan fingerprint density at radius 3 is 2.73 bits per heavy atom. The number of hydrogen-bond acceptors (Lipinski definition) is 2. The van der Waals surface area contributed by atoms with Crippen LogP contribution in [0.5, 0.6) is 0 Å². The highest BCUT2D eigenvalue weighted by molar-refractivity contribution is 6.32. The van der Waals surface area contributed by atoms with E-state index in [1.807, 2.05) is 0 Å². The zero-order valence-electron chi connectivity index (χ0n) is 7.82. The number of aromatic nitrogens is 2. The van der Waals surface area contributed by atoms with Gasteiger partial charge in [0.25, 0.3) is 0 Å². The van der Waals surface area contributed by atoms with Crippen LogP contribution >= 0.6 is 11.6 Å². The van der Waals surface area contributed by atoms with E-state index in [1.165, 1.54) is 10.7 Å². The van der Waals surface area contributed by atoms with Gasteiger partial charge < -0.3 is 5.73 Å². The summed E-state index contributed by atoms with van der Waals surface area (Å²) in [5.74, 6) is -0.00398. The monoisotopic (exact) mass is 225 g/mol.